The maximum Gasteiger partial charge on any atom is 0.446 e. The Morgan fingerprint density at radius 1 is 0.917 bits per heavy atom. The van der Waals surface area contributed by atoms with E-state index in [1.165, 1.54) is 19.6 Å². The summed E-state index contributed by atoms with van der Waals surface area (Å²) < 4.78 is 60.2. The quantitative estimate of drug-likeness (QED) is 0.509. The van der Waals surface area contributed by atoms with E-state index in [-0.39, 0.29) is 0 Å². The summed E-state index contributed by atoms with van der Waals surface area (Å²) in [5.41, 5.74) is -4.86. The van der Waals surface area contributed by atoms with Crippen LogP contribution in [0.3, 0.4) is 0 Å². The molecule has 0 unspecified atom stereocenters. The zero-order valence-corrected chi connectivity index (χ0v) is 8.61. The van der Waals surface area contributed by atoms with E-state index in [0.29, 0.717) is 0 Å². The van der Waals surface area contributed by atoms with Gasteiger partial charge in [-0.25, -0.2) is 0 Å². The van der Waals surface area contributed by atoms with Gasteiger partial charge >= 0.3 is 5.51 Å². The first-order valence-corrected chi connectivity index (χ1v) is 7.42. The van der Waals surface area contributed by atoms with Crippen molar-refractivity contribution >= 4 is 19.8 Å². The van der Waals surface area contributed by atoms with Crippen LogP contribution in [0.25, 0.3) is 0 Å². The fraction of sp³-hybridized carbons (Fsp3) is 1.00. The van der Waals surface area contributed by atoms with Crippen molar-refractivity contribution in [2.45, 2.75) is 30.0 Å². The lowest BCUT2D eigenvalue weighted by Gasteiger charge is -2.28. The van der Waals surface area contributed by atoms with Crippen LogP contribution >= 0.6 is 11.8 Å². The minimum Gasteiger partial charge on any atom is -0.200 e. The van der Waals surface area contributed by atoms with Crippen molar-refractivity contribution in [1.29, 1.82) is 0 Å². The molecule has 0 aromatic carbocycles. The number of hydrogen-bond donors (Lipinski definition) is 0. The number of hydrogen-bond acceptors (Lipinski definition) is 1. The Balaban J connectivity index is 4.44. The molecular formula is C5H9F5SSi. The van der Waals surface area contributed by atoms with Gasteiger partial charge in [-0.05, 0) is 0 Å². The molecule has 0 bridgehead atoms. The Labute approximate surface area is 72.5 Å². The Bertz CT molecular complexity index is 158. The van der Waals surface area contributed by atoms with E-state index in [1.54, 1.807) is 0 Å². The summed E-state index contributed by atoms with van der Waals surface area (Å²) in [5, 5.41) is 0. The van der Waals surface area contributed by atoms with Crippen LogP contribution in [0.4, 0.5) is 22.0 Å². The standard InChI is InChI=1S/C5H9F5SSi/c1-12(2,3)5(9,10)11-4(6,7)8/h1-3H3. The maximum absolute atomic E-state index is 12.7. The molecule has 0 amide bonds. The molecule has 7 heteroatoms. The van der Waals surface area contributed by atoms with Crippen molar-refractivity contribution in [3.05, 3.63) is 0 Å². The third kappa shape index (κ3) is 3.75. The van der Waals surface area contributed by atoms with Gasteiger partial charge in [0.05, 0.1) is 0 Å². The van der Waals surface area contributed by atoms with Crippen LogP contribution in [0, 0.1) is 0 Å². The fourth-order valence-electron chi connectivity index (χ4n) is 0.298. The molecule has 0 aliphatic rings. The van der Waals surface area contributed by atoms with E-state index < -0.39 is 30.2 Å². The number of thioether (sulfide) groups is 1. The largest absolute Gasteiger partial charge is 0.446 e. The normalized spacial score (nSPS) is 15.0. The van der Waals surface area contributed by atoms with E-state index in [2.05, 4.69) is 0 Å². The molecule has 74 valence electrons. The lowest BCUT2D eigenvalue weighted by atomic mass is 11.5. The van der Waals surface area contributed by atoms with Crippen LogP contribution in [0.5, 0.6) is 0 Å². The molecule has 0 aliphatic carbocycles. The van der Waals surface area contributed by atoms with E-state index in [0.717, 1.165) is 0 Å². The van der Waals surface area contributed by atoms with Gasteiger partial charge in [0.15, 0.2) is 0 Å². The summed E-state index contributed by atoms with van der Waals surface area (Å²) in [7, 11) is -3.08. The van der Waals surface area contributed by atoms with Gasteiger partial charge in [-0.15, -0.1) is 0 Å². The van der Waals surface area contributed by atoms with Gasteiger partial charge in [0.2, 0.25) is 0 Å². The highest BCUT2D eigenvalue weighted by atomic mass is 32.2. The van der Waals surface area contributed by atoms with E-state index >= 15 is 0 Å². The van der Waals surface area contributed by atoms with Crippen LogP contribution in [0.15, 0.2) is 0 Å². The first-order chi connectivity index (χ1) is 4.96. The van der Waals surface area contributed by atoms with E-state index in [9.17, 15) is 22.0 Å². The molecule has 0 atom stereocenters. The number of rotatable bonds is 2. The van der Waals surface area contributed by atoms with Gasteiger partial charge in [-0.2, -0.15) is 22.0 Å². The summed E-state index contributed by atoms with van der Waals surface area (Å²) >= 11 is -1.21. The summed E-state index contributed by atoms with van der Waals surface area (Å²) in [6.07, 6.45) is 0. The molecule has 0 aliphatic heterocycles. The van der Waals surface area contributed by atoms with Gasteiger partial charge in [-0.1, -0.05) is 19.6 Å². The monoisotopic (exact) mass is 224 g/mol. The molecule has 0 aromatic rings. The Hall–Kier alpha value is 0.217. The highest BCUT2D eigenvalue weighted by Gasteiger charge is 2.53. The Morgan fingerprint density at radius 3 is 1.33 bits per heavy atom. The van der Waals surface area contributed by atoms with Gasteiger partial charge in [0.25, 0.3) is 4.88 Å². The molecule has 0 radical (unpaired) electrons. The molecule has 0 rings (SSSR count). The van der Waals surface area contributed by atoms with E-state index in [4.69, 9.17) is 0 Å². The van der Waals surface area contributed by atoms with Crippen molar-refractivity contribution in [2.24, 2.45) is 0 Å². The first-order valence-electron chi connectivity index (χ1n) is 3.10. The maximum atomic E-state index is 12.7. The summed E-state index contributed by atoms with van der Waals surface area (Å²) in [6, 6.07) is 0. The topological polar surface area (TPSA) is 0 Å². The zero-order valence-electron chi connectivity index (χ0n) is 6.80. The second kappa shape index (κ2) is 3.17. The molecular weight excluding hydrogens is 215 g/mol. The van der Waals surface area contributed by atoms with E-state index in [1.807, 2.05) is 0 Å². The fourth-order valence-corrected chi connectivity index (χ4v) is 2.16. The van der Waals surface area contributed by atoms with Gasteiger partial charge in [0.1, 0.15) is 8.07 Å². The molecule has 0 heterocycles. The second-order valence-electron chi connectivity index (χ2n) is 3.31. The summed E-state index contributed by atoms with van der Waals surface area (Å²) in [4.78, 5) is -3.65. The lowest BCUT2D eigenvalue weighted by molar-refractivity contribution is -0.0378. The van der Waals surface area contributed by atoms with Crippen LogP contribution in [-0.2, 0) is 0 Å². The van der Waals surface area contributed by atoms with Gasteiger partial charge in [-0.3, -0.25) is 0 Å². The molecule has 0 saturated carbocycles. The lowest BCUT2D eigenvalue weighted by Crippen LogP contribution is -2.43. The zero-order chi connectivity index (χ0) is 10.2. The molecule has 0 nitrogen and oxygen atoms in total. The summed E-state index contributed by atoms with van der Waals surface area (Å²) in [6.45, 7) is 3.60. The minimum atomic E-state index is -4.86. The first kappa shape index (κ1) is 12.2. The molecule has 0 aromatic heterocycles. The van der Waals surface area contributed by atoms with Crippen molar-refractivity contribution < 1.29 is 22.0 Å². The minimum absolute atomic E-state index is 1.20. The Kier molecular flexibility index (Phi) is 3.23. The molecule has 0 spiro atoms. The third-order valence-corrected chi connectivity index (χ3v) is 5.49. The average Bonchev–Trinajstić information content (AvgIpc) is 1.52. The third-order valence-electron chi connectivity index (χ3n) is 1.12. The predicted molar refractivity (Wildman–Crippen MR) is 41.9 cm³/mol. The SMILES string of the molecule is C[Si](C)(C)C(F)(F)SC(F)(F)F. The number of halogens is 5. The molecule has 0 fully saturated rings. The van der Waals surface area contributed by atoms with Crippen molar-refractivity contribution in [2.75, 3.05) is 0 Å². The highest BCUT2D eigenvalue weighted by molar-refractivity contribution is 8.02. The number of alkyl halides is 5. The van der Waals surface area contributed by atoms with Gasteiger partial charge < -0.3 is 0 Å². The molecule has 0 N–H and O–H groups in total. The Morgan fingerprint density at radius 2 is 1.25 bits per heavy atom. The van der Waals surface area contributed by atoms with Crippen LogP contribution < -0.4 is 0 Å². The van der Waals surface area contributed by atoms with Crippen molar-refractivity contribution in [3.63, 3.8) is 0 Å². The van der Waals surface area contributed by atoms with Crippen LogP contribution in [0.1, 0.15) is 0 Å². The average molecular weight is 224 g/mol. The molecule has 0 saturated heterocycles. The van der Waals surface area contributed by atoms with Crippen molar-refractivity contribution in [3.8, 4) is 0 Å². The smallest absolute Gasteiger partial charge is 0.200 e. The summed E-state index contributed by atoms with van der Waals surface area (Å²) in [5.74, 6) is 0. The van der Waals surface area contributed by atoms with Crippen LogP contribution in [-0.4, -0.2) is 18.5 Å². The molecule has 12 heavy (non-hydrogen) atoms. The highest BCUT2D eigenvalue weighted by Crippen LogP contribution is 2.47. The van der Waals surface area contributed by atoms with Crippen LogP contribution in [0.2, 0.25) is 19.6 Å². The second-order valence-corrected chi connectivity index (χ2v) is 9.98. The predicted octanol–water partition coefficient (Wildman–Crippen LogP) is 3.71. The van der Waals surface area contributed by atoms with Gasteiger partial charge in [0, 0.05) is 11.8 Å². The van der Waals surface area contributed by atoms with Crippen molar-refractivity contribution in [1.82, 2.24) is 0 Å².